The average molecular weight is 233 g/mol. The third-order valence-corrected chi connectivity index (χ3v) is 3.75. The molecule has 0 unspecified atom stereocenters. The van der Waals surface area contributed by atoms with Crippen molar-refractivity contribution in [3.8, 4) is 5.75 Å². The third kappa shape index (κ3) is 2.19. The molecule has 2 heteroatoms. The zero-order valence-corrected chi connectivity index (χ0v) is 11.3. The Morgan fingerprint density at radius 1 is 1.41 bits per heavy atom. The van der Waals surface area contributed by atoms with Crippen molar-refractivity contribution in [2.75, 3.05) is 6.61 Å². The number of aryl methyl sites for hydroxylation is 2. The number of ether oxygens (including phenoxy) is 1. The first-order chi connectivity index (χ1) is 7.95. The molecule has 1 aromatic rings. The van der Waals surface area contributed by atoms with Gasteiger partial charge in [-0.2, -0.15) is 0 Å². The molecule has 0 saturated carbocycles. The lowest BCUT2D eigenvalue weighted by molar-refractivity contribution is 0.168. The molecule has 0 bridgehead atoms. The summed E-state index contributed by atoms with van der Waals surface area (Å²) in [5, 5.41) is 0. The van der Waals surface area contributed by atoms with Crippen molar-refractivity contribution < 1.29 is 4.74 Å². The molecule has 0 radical (unpaired) electrons. The Morgan fingerprint density at radius 3 is 2.76 bits per heavy atom. The highest BCUT2D eigenvalue weighted by Crippen LogP contribution is 2.43. The van der Waals surface area contributed by atoms with E-state index in [0.29, 0.717) is 12.5 Å². The van der Waals surface area contributed by atoms with Crippen LogP contribution in [0.1, 0.15) is 49.3 Å². The smallest absolute Gasteiger partial charge is 0.123 e. The van der Waals surface area contributed by atoms with E-state index >= 15 is 0 Å². The van der Waals surface area contributed by atoms with Gasteiger partial charge in [-0.3, -0.25) is 0 Å². The van der Waals surface area contributed by atoms with Crippen LogP contribution >= 0.6 is 0 Å². The number of hydrogen-bond donors (Lipinski definition) is 1. The van der Waals surface area contributed by atoms with Crippen LogP contribution in [-0.2, 0) is 0 Å². The average Bonchev–Trinajstić information content (AvgIpc) is 2.22. The molecule has 1 aliphatic heterocycles. The van der Waals surface area contributed by atoms with E-state index in [0.717, 1.165) is 18.6 Å². The molecule has 2 N–H and O–H groups in total. The lowest BCUT2D eigenvalue weighted by atomic mass is 9.75. The van der Waals surface area contributed by atoms with Crippen LogP contribution in [0, 0.1) is 13.8 Å². The van der Waals surface area contributed by atoms with Gasteiger partial charge in [0.25, 0.3) is 0 Å². The minimum atomic E-state index is -0.247. The summed E-state index contributed by atoms with van der Waals surface area (Å²) < 4.78 is 5.85. The summed E-state index contributed by atoms with van der Waals surface area (Å²) in [5.41, 5.74) is 10.1. The topological polar surface area (TPSA) is 35.2 Å². The van der Waals surface area contributed by atoms with E-state index in [-0.39, 0.29) is 5.54 Å². The Kier molecular flexibility index (Phi) is 3.17. The van der Waals surface area contributed by atoms with Gasteiger partial charge >= 0.3 is 0 Å². The van der Waals surface area contributed by atoms with Crippen molar-refractivity contribution in [1.82, 2.24) is 0 Å². The van der Waals surface area contributed by atoms with E-state index in [9.17, 15) is 0 Å². The van der Waals surface area contributed by atoms with Crippen LogP contribution in [0.5, 0.6) is 5.75 Å². The summed E-state index contributed by atoms with van der Waals surface area (Å²) in [4.78, 5) is 0. The Labute approximate surface area is 104 Å². The predicted molar refractivity (Wildman–Crippen MR) is 71.7 cm³/mol. The highest BCUT2D eigenvalue weighted by molar-refractivity contribution is 5.48. The zero-order chi connectivity index (χ0) is 12.6. The largest absolute Gasteiger partial charge is 0.491 e. The first kappa shape index (κ1) is 12.4. The summed E-state index contributed by atoms with van der Waals surface area (Å²) in [5.74, 6) is 1.46. The molecular formula is C15H23NO. The van der Waals surface area contributed by atoms with E-state index < -0.39 is 0 Å². The molecule has 2 nitrogen and oxygen atoms in total. The summed E-state index contributed by atoms with van der Waals surface area (Å²) >= 11 is 0. The maximum atomic E-state index is 6.40. The maximum absolute atomic E-state index is 6.40. The first-order valence-electron chi connectivity index (χ1n) is 6.48. The molecule has 1 aliphatic rings. The van der Waals surface area contributed by atoms with Gasteiger partial charge in [0.05, 0.1) is 5.54 Å². The van der Waals surface area contributed by atoms with E-state index in [1.807, 2.05) is 0 Å². The highest BCUT2D eigenvalue weighted by Gasteiger charge is 2.38. The minimum Gasteiger partial charge on any atom is -0.491 e. The van der Waals surface area contributed by atoms with Crippen molar-refractivity contribution in [3.63, 3.8) is 0 Å². The number of hydrogen-bond acceptors (Lipinski definition) is 2. The van der Waals surface area contributed by atoms with E-state index in [2.05, 4.69) is 39.8 Å². The fraction of sp³-hybridized carbons (Fsp3) is 0.600. The second-order valence-electron chi connectivity index (χ2n) is 5.63. The molecule has 0 aliphatic carbocycles. The number of fused-ring (bicyclic) bond motifs is 1. The standard InChI is InChI=1S/C15H23NO/c1-5-6-12-14-11(3)7-10(2)8-13(14)17-9-15(12,4)16/h7-8,12H,5-6,9,16H2,1-4H3/t12-,15+/m0/s1. The lowest BCUT2D eigenvalue weighted by Crippen LogP contribution is -2.50. The van der Waals surface area contributed by atoms with Gasteiger partial charge in [0.1, 0.15) is 12.4 Å². The van der Waals surface area contributed by atoms with Crippen LogP contribution in [0.2, 0.25) is 0 Å². The maximum Gasteiger partial charge on any atom is 0.123 e. The fourth-order valence-corrected chi connectivity index (χ4v) is 2.93. The van der Waals surface area contributed by atoms with E-state index in [4.69, 9.17) is 10.5 Å². The van der Waals surface area contributed by atoms with Gasteiger partial charge in [0, 0.05) is 11.5 Å². The second kappa shape index (κ2) is 4.34. The molecule has 2 rings (SSSR count). The molecule has 1 heterocycles. The van der Waals surface area contributed by atoms with Crippen molar-refractivity contribution in [2.45, 2.75) is 52.0 Å². The van der Waals surface area contributed by atoms with Crippen molar-refractivity contribution in [2.24, 2.45) is 5.73 Å². The van der Waals surface area contributed by atoms with E-state index in [1.54, 1.807) is 0 Å². The van der Waals surface area contributed by atoms with Crippen molar-refractivity contribution in [3.05, 3.63) is 28.8 Å². The predicted octanol–water partition coefficient (Wildman–Crippen LogP) is 3.30. The lowest BCUT2D eigenvalue weighted by Gasteiger charge is -2.40. The Hall–Kier alpha value is -1.02. The zero-order valence-electron chi connectivity index (χ0n) is 11.3. The van der Waals surface area contributed by atoms with Crippen LogP contribution in [0.4, 0.5) is 0 Å². The quantitative estimate of drug-likeness (QED) is 0.850. The Bertz CT molecular complexity index is 423. The van der Waals surface area contributed by atoms with Crippen LogP contribution in [0.3, 0.4) is 0 Å². The molecule has 0 spiro atoms. The van der Waals surface area contributed by atoms with Gasteiger partial charge in [-0.25, -0.2) is 0 Å². The Morgan fingerprint density at radius 2 is 2.12 bits per heavy atom. The molecular weight excluding hydrogens is 210 g/mol. The second-order valence-corrected chi connectivity index (χ2v) is 5.63. The molecule has 17 heavy (non-hydrogen) atoms. The Balaban J connectivity index is 2.52. The summed E-state index contributed by atoms with van der Waals surface area (Å²) in [6.45, 7) is 9.22. The monoisotopic (exact) mass is 233 g/mol. The SMILES string of the molecule is CCC[C@H]1c2c(C)cc(C)cc2OC[C@@]1(C)N. The molecule has 94 valence electrons. The number of benzene rings is 1. The van der Waals surface area contributed by atoms with Gasteiger partial charge in [-0.15, -0.1) is 0 Å². The molecule has 0 amide bonds. The normalized spacial score (nSPS) is 27.5. The molecule has 0 aromatic heterocycles. The van der Waals surface area contributed by atoms with E-state index in [1.165, 1.54) is 16.7 Å². The number of nitrogens with two attached hydrogens (primary N) is 1. The molecule has 0 saturated heterocycles. The summed E-state index contributed by atoms with van der Waals surface area (Å²) in [6, 6.07) is 4.37. The first-order valence-corrected chi connectivity index (χ1v) is 6.48. The van der Waals surface area contributed by atoms with Gasteiger partial charge in [0.15, 0.2) is 0 Å². The van der Waals surface area contributed by atoms with Crippen molar-refractivity contribution in [1.29, 1.82) is 0 Å². The molecule has 2 atom stereocenters. The van der Waals surface area contributed by atoms with Crippen LogP contribution < -0.4 is 10.5 Å². The third-order valence-electron chi connectivity index (χ3n) is 3.75. The fourth-order valence-electron chi connectivity index (χ4n) is 2.93. The van der Waals surface area contributed by atoms with Crippen molar-refractivity contribution >= 4 is 0 Å². The van der Waals surface area contributed by atoms with Crippen LogP contribution in [0.25, 0.3) is 0 Å². The van der Waals surface area contributed by atoms with Gasteiger partial charge in [-0.05, 0) is 44.4 Å². The van der Waals surface area contributed by atoms with Gasteiger partial charge in [0.2, 0.25) is 0 Å². The minimum absolute atomic E-state index is 0.247. The summed E-state index contributed by atoms with van der Waals surface area (Å²) in [6.07, 6.45) is 2.29. The highest BCUT2D eigenvalue weighted by atomic mass is 16.5. The number of rotatable bonds is 2. The summed E-state index contributed by atoms with van der Waals surface area (Å²) in [7, 11) is 0. The molecule has 1 aromatic carbocycles. The van der Waals surface area contributed by atoms with Crippen LogP contribution in [0.15, 0.2) is 12.1 Å². The van der Waals surface area contributed by atoms with Gasteiger partial charge < -0.3 is 10.5 Å². The van der Waals surface area contributed by atoms with Crippen LogP contribution in [-0.4, -0.2) is 12.1 Å². The van der Waals surface area contributed by atoms with Gasteiger partial charge in [-0.1, -0.05) is 19.4 Å². The molecule has 0 fully saturated rings.